The number of sulfonamides is 1. The lowest BCUT2D eigenvalue weighted by atomic mass is 10.0. The van der Waals surface area contributed by atoms with Gasteiger partial charge in [0.15, 0.2) is 0 Å². The number of amides is 1. The number of anilines is 1. The van der Waals surface area contributed by atoms with E-state index in [0.29, 0.717) is 23.9 Å². The van der Waals surface area contributed by atoms with Crippen LogP contribution < -0.4 is 9.62 Å². The first-order valence-corrected chi connectivity index (χ1v) is 12.7. The Hall–Kier alpha value is -1.21. The Morgan fingerprint density at radius 3 is 2.59 bits per heavy atom. The maximum absolute atomic E-state index is 12.7. The standard InChI is InChI=1S/C20H32N2O3S2/c1-4-19(20(23)21-13-14-26-18-11-6-5-7-12-18)22(27(3,24)25)17-10-8-9-16(2)15-17/h8-10,15,18-19H,4-7,11-14H2,1-3H3,(H,21,23)/t19-/m0/s1. The van der Waals surface area contributed by atoms with Gasteiger partial charge in [-0.25, -0.2) is 8.42 Å². The van der Waals surface area contributed by atoms with Gasteiger partial charge in [0.25, 0.3) is 0 Å². The summed E-state index contributed by atoms with van der Waals surface area (Å²) in [6.07, 6.45) is 8.07. The number of carbonyl (C=O) groups excluding carboxylic acids is 1. The fourth-order valence-electron chi connectivity index (χ4n) is 3.57. The van der Waals surface area contributed by atoms with Crippen molar-refractivity contribution in [3.63, 3.8) is 0 Å². The number of benzene rings is 1. The third kappa shape index (κ3) is 6.71. The topological polar surface area (TPSA) is 66.5 Å². The van der Waals surface area contributed by atoms with Crippen LogP contribution in [0.5, 0.6) is 0 Å². The SMILES string of the molecule is CC[C@@H](C(=O)NCCSC1CCCCC1)N(c1cccc(C)c1)S(C)(=O)=O. The average Bonchev–Trinajstić information content (AvgIpc) is 2.62. The minimum atomic E-state index is -3.57. The van der Waals surface area contributed by atoms with Crippen LogP contribution in [0.25, 0.3) is 0 Å². The van der Waals surface area contributed by atoms with Crippen LogP contribution in [-0.4, -0.2) is 44.2 Å². The third-order valence-corrected chi connectivity index (χ3v) is 7.46. The van der Waals surface area contributed by atoms with Crippen LogP contribution in [0, 0.1) is 6.92 Å². The molecular weight excluding hydrogens is 380 g/mol. The fraction of sp³-hybridized carbons (Fsp3) is 0.650. The van der Waals surface area contributed by atoms with E-state index in [-0.39, 0.29) is 5.91 Å². The van der Waals surface area contributed by atoms with Gasteiger partial charge < -0.3 is 5.32 Å². The van der Waals surface area contributed by atoms with Gasteiger partial charge in [-0.3, -0.25) is 9.10 Å². The van der Waals surface area contributed by atoms with Crippen LogP contribution >= 0.6 is 11.8 Å². The van der Waals surface area contributed by atoms with E-state index < -0.39 is 16.1 Å². The number of carbonyl (C=O) groups is 1. The van der Waals surface area contributed by atoms with Crippen molar-refractivity contribution in [1.82, 2.24) is 5.32 Å². The Morgan fingerprint density at radius 2 is 2.00 bits per heavy atom. The van der Waals surface area contributed by atoms with Crippen molar-refractivity contribution in [2.75, 3.05) is 22.9 Å². The quantitative estimate of drug-likeness (QED) is 0.628. The highest BCUT2D eigenvalue weighted by Crippen LogP contribution is 2.28. The summed E-state index contributed by atoms with van der Waals surface area (Å²) in [5.41, 5.74) is 1.50. The molecule has 1 amide bonds. The molecule has 0 heterocycles. The van der Waals surface area contributed by atoms with Gasteiger partial charge in [-0.1, -0.05) is 38.3 Å². The maximum Gasteiger partial charge on any atom is 0.243 e. The Morgan fingerprint density at radius 1 is 1.30 bits per heavy atom. The molecule has 1 saturated carbocycles. The van der Waals surface area contributed by atoms with E-state index in [9.17, 15) is 13.2 Å². The summed E-state index contributed by atoms with van der Waals surface area (Å²) in [7, 11) is -3.57. The van der Waals surface area contributed by atoms with Crippen LogP contribution in [0.1, 0.15) is 51.0 Å². The molecule has 0 spiro atoms. The molecule has 2 rings (SSSR count). The van der Waals surface area contributed by atoms with E-state index >= 15 is 0 Å². The van der Waals surface area contributed by atoms with Crippen LogP contribution in [0.15, 0.2) is 24.3 Å². The normalized spacial score (nSPS) is 16.7. The third-order valence-electron chi connectivity index (χ3n) is 4.89. The lowest BCUT2D eigenvalue weighted by molar-refractivity contribution is -0.122. The van der Waals surface area contributed by atoms with Crippen molar-refractivity contribution in [2.24, 2.45) is 0 Å². The minimum absolute atomic E-state index is 0.228. The van der Waals surface area contributed by atoms with Crippen molar-refractivity contribution < 1.29 is 13.2 Å². The molecule has 7 heteroatoms. The van der Waals surface area contributed by atoms with Crippen molar-refractivity contribution >= 4 is 33.4 Å². The zero-order valence-electron chi connectivity index (χ0n) is 16.6. The predicted molar refractivity (Wildman–Crippen MR) is 115 cm³/mol. The molecule has 1 aromatic rings. The second-order valence-electron chi connectivity index (χ2n) is 7.24. The number of hydrogen-bond acceptors (Lipinski definition) is 4. The molecule has 1 aliphatic carbocycles. The summed E-state index contributed by atoms with van der Waals surface area (Å²) < 4.78 is 26.1. The molecule has 0 unspecified atom stereocenters. The summed E-state index contributed by atoms with van der Waals surface area (Å²) in [4.78, 5) is 12.7. The van der Waals surface area contributed by atoms with Crippen molar-refractivity contribution in [3.05, 3.63) is 29.8 Å². The number of rotatable bonds is 9. The van der Waals surface area contributed by atoms with Crippen LogP contribution in [-0.2, 0) is 14.8 Å². The molecule has 0 bridgehead atoms. The summed E-state index contributed by atoms with van der Waals surface area (Å²) in [5.74, 6) is 0.643. The van der Waals surface area contributed by atoms with Crippen molar-refractivity contribution in [1.29, 1.82) is 0 Å². The van der Waals surface area contributed by atoms with Gasteiger partial charge >= 0.3 is 0 Å². The second kappa shape index (κ2) is 10.4. The van der Waals surface area contributed by atoms with Gasteiger partial charge in [0.05, 0.1) is 11.9 Å². The highest BCUT2D eigenvalue weighted by molar-refractivity contribution is 7.99. The molecule has 1 fully saturated rings. The molecule has 27 heavy (non-hydrogen) atoms. The zero-order chi connectivity index (χ0) is 19.9. The Kier molecular flexibility index (Phi) is 8.48. The molecule has 0 aliphatic heterocycles. The van der Waals surface area contributed by atoms with Gasteiger partial charge in [-0.2, -0.15) is 11.8 Å². The largest absolute Gasteiger partial charge is 0.353 e. The summed E-state index contributed by atoms with van der Waals surface area (Å²) in [6, 6.07) is 6.53. The molecule has 152 valence electrons. The number of thioether (sulfide) groups is 1. The minimum Gasteiger partial charge on any atom is -0.353 e. The van der Waals surface area contributed by atoms with Crippen LogP contribution in [0.2, 0.25) is 0 Å². The molecule has 1 aliphatic rings. The van der Waals surface area contributed by atoms with E-state index in [0.717, 1.165) is 17.6 Å². The smallest absolute Gasteiger partial charge is 0.243 e. The van der Waals surface area contributed by atoms with Gasteiger partial charge in [-0.05, 0) is 43.9 Å². The number of hydrogen-bond donors (Lipinski definition) is 1. The van der Waals surface area contributed by atoms with Gasteiger partial charge in [0.1, 0.15) is 6.04 Å². The summed E-state index contributed by atoms with van der Waals surface area (Å²) in [5, 5.41) is 3.65. The molecule has 0 radical (unpaired) electrons. The molecule has 1 N–H and O–H groups in total. The summed E-state index contributed by atoms with van der Waals surface area (Å²) in [6.45, 7) is 4.32. The first-order valence-electron chi connectivity index (χ1n) is 9.78. The van der Waals surface area contributed by atoms with Gasteiger partial charge in [-0.15, -0.1) is 0 Å². The highest BCUT2D eigenvalue weighted by atomic mass is 32.2. The molecule has 5 nitrogen and oxygen atoms in total. The van der Waals surface area contributed by atoms with Crippen molar-refractivity contribution in [2.45, 2.75) is 63.7 Å². The Labute approximate surface area is 168 Å². The van der Waals surface area contributed by atoms with E-state index in [1.54, 1.807) is 12.1 Å². The highest BCUT2D eigenvalue weighted by Gasteiger charge is 2.31. The summed E-state index contributed by atoms with van der Waals surface area (Å²) >= 11 is 1.92. The van der Waals surface area contributed by atoms with Crippen molar-refractivity contribution in [3.8, 4) is 0 Å². The van der Waals surface area contributed by atoms with Gasteiger partial charge in [0.2, 0.25) is 15.9 Å². The zero-order valence-corrected chi connectivity index (χ0v) is 18.2. The molecule has 1 aromatic carbocycles. The average molecular weight is 413 g/mol. The molecular formula is C20H32N2O3S2. The molecule has 0 saturated heterocycles. The number of nitrogens with zero attached hydrogens (tertiary/aromatic N) is 1. The predicted octanol–water partition coefficient (Wildman–Crippen LogP) is 3.72. The first kappa shape index (κ1) is 22.1. The van der Waals surface area contributed by atoms with E-state index in [2.05, 4.69) is 5.32 Å². The fourth-order valence-corrected chi connectivity index (χ4v) is 6.00. The number of aryl methyl sites for hydroxylation is 1. The van der Waals surface area contributed by atoms with E-state index in [4.69, 9.17) is 0 Å². The second-order valence-corrected chi connectivity index (χ2v) is 10.5. The van der Waals surface area contributed by atoms with Gasteiger partial charge in [0, 0.05) is 17.5 Å². The monoisotopic (exact) mass is 412 g/mol. The molecule has 0 aromatic heterocycles. The Bertz CT molecular complexity index is 716. The molecule has 1 atom stereocenters. The first-order chi connectivity index (χ1) is 12.8. The maximum atomic E-state index is 12.7. The lowest BCUT2D eigenvalue weighted by Gasteiger charge is -2.30. The van der Waals surface area contributed by atoms with E-state index in [1.165, 1.54) is 36.4 Å². The van der Waals surface area contributed by atoms with E-state index in [1.807, 2.05) is 37.7 Å². The lowest BCUT2D eigenvalue weighted by Crippen LogP contribution is -2.49. The van der Waals surface area contributed by atoms with Crippen LogP contribution in [0.3, 0.4) is 0 Å². The number of nitrogens with one attached hydrogen (secondary N) is 1. The Balaban J connectivity index is 1.99. The van der Waals surface area contributed by atoms with Crippen LogP contribution in [0.4, 0.5) is 5.69 Å².